The highest BCUT2D eigenvalue weighted by Gasteiger charge is 2.39. The van der Waals surface area contributed by atoms with Crippen LogP contribution in [0, 0.1) is 11.8 Å². The van der Waals surface area contributed by atoms with Gasteiger partial charge in [-0.05, 0) is 31.9 Å². The summed E-state index contributed by atoms with van der Waals surface area (Å²) in [7, 11) is 0. The number of aliphatic hydroxyl groups is 1. The average Bonchev–Trinajstić information content (AvgIpc) is 3.04. The summed E-state index contributed by atoms with van der Waals surface area (Å²) < 4.78 is 0. The van der Waals surface area contributed by atoms with Gasteiger partial charge in [-0.25, -0.2) is 4.98 Å². The number of aromatic nitrogens is 1. The molecule has 1 saturated carbocycles. The molecule has 1 aromatic rings. The number of rotatable bonds is 2. The van der Waals surface area contributed by atoms with Gasteiger partial charge < -0.3 is 10.4 Å². The molecule has 88 valence electrons. The number of hydrogen-bond donors (Lipinski definition) is 2. The number of hydrogen-bond acceptors (Lipinski definition) is 3. The van der Waals surface area contributed by atoms with Crippen LogP contribution in [0.15, 0.2) is 18.3 Å². The molecule has 0 radical (unpaired) electrons. The SMILES string of the molecule is CC1(NC(=O)c2ncccc2C#CCO)CC1. The molecule has 0 aromatic carbocycles. The summed E-state index contributed by atoms with van der Waals surface area (Å²) in [6, 6.07) is 3.44. The van der Waals surface area contributed by atoms with Crippen LogP contribution in [0.2, 0.25) is 0 Å². The van der Waals surface area contributed by atoms with Gasteiger partial charge in [0, 0.05) is 11.7 Å². The molecule has 17 heavy (non-hydrogen) atoms. The Kier molecular flexibility index (Phi) is 3.12. The van der Waals surface area contributed by atoms with E-state index in [9.17, 15) is 4.79 Å². The Morgan fingerprint density at radius 1 is 1.65 bits per heavy atom. The first-order valence-corrected chi connectivity index (χ1v) is 5.52. The van der Waals surface area contributed by atoms with E-state index in [0.29, 0.717) is 11.3 Å². The van der Waals surface area contributed by atoms with E-state index in [0.717, 1.165) is 12.8 Å². The van der Waals surface area contributed by atoms with Crippen molar-refractivity contribution in [1.82, 2.24) is 10.3 Å². The van der Waals surface area contributed by atoms with E-state index in [4.69, 9.17) is 5.11 Å². The largest absolute Gasteiger partial charge is 0.384 e. The van der Waals surface area contributed by atoms with Crippen LogP contribution in [0.1, 0.15) is 35.8 Å². The summed E-state index contributed by atoms with van der Waals surface area (Å²) in [5, 5.41) is 11.6. The first-order chi connectivity index (χ1) is 8.14. The minimum atomic E-state index is -0.229. The van der Waals surface area contributed by atoms with E-state index in [1.54, 1.807) is 18.3 Å². The molecule has 0 aliphatic heterocycles. The zero-order chi connectivity index (χ0) is 12.3. The lowest BCUT2D eigenvalue weighted by Gasteiger charge is -2.11. The quantitative estimate of drug-likeness (QED) is 0.735. The molecule has 4 heteroatoms. The van der Waals surface area contributed by atoms with Gasteiger partial charge in [0.1, 0.15) is 12.3 Å². The van der Waals surface area contributed by atoms with Gasteiger partial charge in [-0.3, -0.25) is 4.79 Å². The number of carbonyl (C=O) groups excluding carboxylic acids is 1. The fourth-order valence-corrected chi connectivity index (χ4v) is 1.47. The maximum Gasteiger partial charge on any atom is 0.271 e. The van der Waals surface area contributed by atoms with Crippen molar-refractivity contribution in [3.05, 3.63) is 29.6 Å². The van der Waals surface area contributed by atoms with Gasteiger partial charge in [0.25, 0.3) is 5.91 Å². The second kappa shape index (κ2) is 4.56. The average molecular weight is 230 g/mol. The summed E-state index contributed by atoms with van der Waals surface area (Å²) in [5.74, 6) is 5.05. The van der Waals surface area contributed by atoms with E-state index in [-0.39, 0.29) is 18.1 Å². The maximum atomic E-state index is 12.0. The Morgan fingerprint density at radius 2 is 2.41 bits per heavy atom. The Bertz CT molecular complexity index is 496. The lowest BCUT2D eigenvalue weighted by atomic mass is 10.1. The molecule has 1 heterocycles. The summed E-state index contributed by atoms with van der Waals surface area (Å²) in [6.07, 6.45) is 3.57. The van der Waals surface area contributed by atoms with Crippen molar-refractivity contribution in [2.45, 2.75) is 25.3 Å². The number of carbonyl (C=O) groups is 1. The van der Waals surface area contributed by atoms with E-state index < -0.39 is 0 Å². The zero-order valence-electron chi connectivity index (χ0n) is 9.66. The number of amides is 1. The molecule has 0 spiro atoms. The first-order valence-electron chi connectivity index (χ1n) is 5.52. The number of nitrogens with one attached hydrogen (secondary N) is 1. The van der Waals surface area contributed by atoms with Crippen molar-refractivity contribution in [2.24, 2.45) is 0 Å². The van der Waals surface area contributed by atoms with Gasteiger partial charge in [0.15, 0.2) is 0 Å². The number of nitrogens with zero attached hydrogens (tertiary/aromatic N) is 1. The van der Waals surface area contributed by atoms with Gasteiger partial charge in [-0.15, -0.1) is 0 Å². The lowest BCUT2D eigenvalue weighted by molar-refractivity contribution is 0.0930. The summed E-state index contributed by atoms with van der Waals surface area (Å²) in [5.41, 5.74) is 0.792. The molecule has 4 nitrogen and oxygen atoms in total. The Balaban J connectivity index is 2.21. The molecule has 0 unspecified atom stereocenters. The third kappa shape index (κ3) is 2.83. The fourth-order valence-electron chi connectivity index (χ4n) is 1.47. The highest BCUT2D eigenvalue weighted by molar-refractivity contribution is 5.95. The highest BCUT2D eigenvalue weighted by Crippen LogP contribution is 2.34. The van der Waals surface area contributed by atoms with Crippen molar-refractivity contribution in [1.29, 1.82) is 0 Å². The Morgan fingerprint density at radius 3 is 3.06 bits per heavy atom. The van der Waals surface area contributed by atoms with Gasteiger partial charge in [0.05, 0.1) is 5.56 Å². The molecule has 1 aliphatic rings. The Hall–Kier alpha value is -1.86. The highest BCUT2D eigenvalue weighted by atomic mass is 16.2. The van der Waals surface area contributed by atoms with Crippen LogP contribution in [-0.2, 0) is 0 Å². The summed E-state index contributed by atoms with van der Waals surface area (Å²) >= 11 is 0. The monoisotopic (exact) mass is 230 g/mol. The number of aliphatic hydroxyl groups excluding tert-OH is 1. The van der Waals surface area contributed by atoms with Crippen LogP contribution in [0.5, 0.6) is 0 Å². The molecule has 2 N–H and O–H groups in total. The van der Waals surface area contributed by atoms with Gasteiger partial charge >= 0.3 is 0 Å². The lowest BCUT2D eigenvalue weighted by Crippen LogP contribution is -2.35. The standard InChI is InChI=1S/C13H14N2O2/c1-13(6-7-13)15-12(17)11-10(5-3-9-16)4-2-8-14-11/h2,4,8,16H,6-7,9H2,1H3,(H,15,17). The van der Waals surface area contributed by atoms with Crippen LogP contribution in [0.4, 0.5) is 0 Å². The van der Waals surface area contributed by atoms with Crippen molar-refractivity contribution in [2.75, 3.05) is 6.61 Å². The second-order valence-electron chi connectivity index (χ2n) is 4.37. The van der Waals surface area contributed by atoms with Crippen LogP contribution in [-0.4, -0.2) is 28.1 Å². The van der Waals surface area contributed by atoms with Gasteiger partial charge in [0.2, 0.25) is 0 Å². The minimum absolute atomic E-state index is 0.0731. The van der Waals surface area contributed by atoms with Gasteiger partial charge in [-0.1, -0.05) is 11.8 Å². The molecular weight excluding hydrogens is 216 g/mol. The number of pyridine rings is 1. The summed E-state index contributed by atoms with van der Waals surface area (Å²) in [6.45, 7) is 1.78. The molecule has 1 fully saturated rings. The normalized spacial score (nSPS) is 15.6. The van der Waals surface area contributed by atoms with E-state index in [1.807, 2.05) is 6.92 Å². The third-order valence-electron chi connectivity index (χ3n) is 2.74. The minimum Gasteiger partial charge on any atom is -0.384 e. The van der Waals surface area contributed by atoms with Crippen LogP contribution < -0.4 is 5.32 Å². The third-order valence-corrected chi connectivity index (χ3v) is 2.74. The predicted octanol–water partition coefficient (Wildman–Crippen LogP) is 0.708. The van der Waals surface area contributed by atoms with Crippen LogP contribution >= 0.6 is 0 Å². The molecule has 0 saturated heterocycles. The fraction of sp³-hybridized carbons (Fsp3) is 0.385. The maximum absolute atomic E-state index is 12.0. The molecule has 1 aliphatic carbocycles. The molecule has 1 aromatic heterocycles. The van der Waals surface area contributed by atoms with E-state index >= 15 is 0 Å². The smallest absolute Gasteiger partial charge is 0.271 e. The first kappa shape index (κ1) is 11.6. The molecule has 0 atom stereocenters. The van der Waals surface area contributed by atoms with Crippen LogP contribution in [0.3, 0.4) is 0 Å². The molecule has 2 rings (SSSR count). The van der Waals surface area contributed by atoms with E-state index in [1.165, 1.54) is 0 Å². The van der Waals surface area contributed by atoms with E-state index in [2.05, 4.69) is 22.1 Å². The van der Waals surface area contributed by atoms with Crippen LogP contribution in [0.25, 0.3) is 0 Å². The van der Waals surface area contributed by atoms with Crippen molar-refractivity contribution >= 4 is 5.91 Å². The van der Waals surface area contributed by atoms with Crippen molar-refractivity contribution in [3.63, 3.8) is 0 Å². The summed E-state index contributed by atoms with van der Waals surface area (Å²) in [4.78, 5) is 16.0. The zero-order valence-corrected chi connectivity index (χ0v) is 9.66. The van der Waals surface area contributed by atoms with Crippen molar-refractivity contribution in [3.8, 4) is 11.8 Å². The van der Waals surface area contributed by atoms with Crippen molar-refractivity contribution < 1.29 is 9.90 Å². The molecule has 1 amide bonds. The topological polar surface area (TPSA) is 62.2 Å². The molecular formula is C13H14N2O2. The predicted molar refractivity (Wildman–Crippen MR) is 63.3 cm³/mol. The van der Waals surface area contributed by atoms with Gasteiger partial charge in [-0.2, -0.15) is 0 Å². The second-order valence-corrected chi connectivity index (χ2v) is 4.37. The molecule has 0 bridgehead atoms. The Labute approximate surface area is 100 Å².